The van der Waals surface area contributed by atoms with Crippen molar-refractivity contribution in [2.45, 2.75) is 6.54 Å². The first kappa shape index (κ1) is 20.7. The predicted molar refractivity (Wildman–Crippen MR) is 116 cm³/mol. The number of ether oxygens (including phenoxy) is 1. The number of nitrogens with zero attached hydrogens (tertiary/aromatic N) is 2. The maximum absolute atomic E-state index is 13.8. The molecule has 0 radical (unpaired) electrons. The lowest BCUT2D eigenvalue weighted by Crippen LogP contribution is -2.36. The minimum atomic E-state index is -0.775. The van der Waals surface area contributed by atoms with Crippen molar-refractivity contribution in [3.05, 3.63) is 117 Å². The summed E-state index contributed by atoms with van der Waals surface area (Å²) >= 11 is 0. The Kier molecular flexibility index (Phi) is 5.89. The molecule has 2 heterocycles. The molecule has 0 unspecified atom stereocenters. The summed E-state index contributed by atoms with van der Waals surface area (Å²) in [4.78, 5) is 43.8. The Labute approximate surface area is 181 Å². The van der Waals surface area contributed by atoms with Gasteiger partial charge in [0.05, 0.1) is 6.54 Å². The summed E-state index contributed by atoms with van der Waals surface area (Å²) in [5, 5.41) is 2.48. The van der Waals surface area contributed by atoms with Gasteiger partial charge < -0.3 is 10.1 Å². The van der Waals surface area contributed by atoms with E-state index >= 15 is 0 Å². The summed E-state index contributed by atoms with van der Waals surface area (Å²) in [6.07, 6.45) is 1.58. The molecule has 4 rings (SSSR count). The minimum absolute atomic E-state index is 0.0779. The zero-order valence-electron chi connectivity index (χ0n) is 16.6. The molecular formula is C23H17FN4O4. The van der Waals surface area contributed by atoms with Crippen LogP contribution in [-0.4, -0.2) is 20.4 Å². The van der Waals surface area contributed by atoms with Crippen molar-refractivity contribution in [3.63, 3.8) is 0 Å². The highest BCUT2D eigenvalue weighted by atomic mass is 19.1. The molecule has 0 aliphatic rings. The molecule has 4 aromatic rings. The number of pyridine rings is 1. The lowest BCUT2D eigenvalue weighted by Gasteiger charge is -2.09. The highest BCUT2D eigenvalue weighted by Gasteiger charge is 2.12. The molecule has 0 bridgehead atoms. The first-order chi connectivity index (χ1) is 15.5. The fraction of sp³-hybridized carbons (Fsp3) is 0.0435. The van der Waals surface area contributed by atoms with Crippen molar-refractivity contribution in [1.82, 2.24) is 14.5 Å². The van der Waals surface area contributed by atoms with Gasteiger partial charge in [-0.05, 0) is 30.3 Å². The summed E-state index contributed by atoms with van der Waals surface area (Å²) in [6, 6.07) is 18.5. The van der Waals surface area contributed by atoms with Crippen LogP contribution in [0.5, 0.6) is 11.6 Å². The van der Waals surface area contributed by atoms with Crippen LogP contribution in [-0.2, 0) is 6.54 Å². The summed E-state index contributed by atoms with van der Waals surface area (Å²) in [6.45, 7) is -0.234. The number of aromatic amines is 1. The molecule has 2 N–H and O–H groups in total. The van der Waals surface area contributed by atoms with Crippen molar-refractivity contribution in [3.8, 4) is 11.6 Å². The van der Waals surface area contributed by atoms with Gasteiger partial charge in [0.1, 0.15) is 17.4 Å². The molecule has 160 valence electrons. The van der Waals surface area contributed by atoms with E-state index in [1.807, 2.05) is 0 Å². The zero-order chi connectivity index (χ0) is 22.5. The van der Waals surface area contributed by atoms with Gasteiger partial charge in [-0.3, -0.25) is 19.1 Å². The molecule has 1 amide bonds. The third-order valence-electron chi connectivity index (χ3n) is 4.51. The molecule has 0 fully saturated rings. The number of benzene rings is 2. The van der Waals surface area contributed by atoms with Gasteiger partial charge in [-0.1, -0.05) is 30.3 Å². The standard InChI is InChI=1S/C23H17FN4O4/c24-18-9-2-1-6-16(18)14-28-21(29)13-19(27-23(28)31)26-22(30)15-7-5-8-17(12-15)32-20-10-3-4-11-25-20/h1-13H,14H2,(H,26,30)(H,27,31). The minimum Gasteiger partial charge on any atom is -0.439 e. The number of nitrogens with one attached hydrogen (secondary N) is 2. The van der Waals surface area contributed by atoms with Crippen LogP contribution in [0.1, 0.15) is 15.9 Å². The molecule has 0 saturated heterocycles. The van der Waals surface area contributed by atoms with Gasteiger partial charge in [0.25, 0.3) is 11.5 Å². The van der Waals surface area contributed by atoms with Crippen LogP contribution in [0.3, 0.4) is 0 Å². The van der Waals surface area contributed by atoms with E-state index in [0.29, 0.717) is 11.6 Å². The molecule has 2 aromatic heterocycles. The summed E-state index contributed by atoms with van der Waals surface area (Å²) in [5.41, 5.74) is -1.01. The number of carbonyl (C=O) groups excluding carboxylic acids is 1. The highest BCUT2D eigenvalue weighted by molar-refractivity contribution is 6.03. The Morgan fingerprint density at radius 1 is 1.03 bits per heavy atom. The van der Waals surface area contributed by atoms with Crippen molar-refractivity contribution in [2.75, 3.05) is 5.32 Å². The van der Waals surface area contributed by atoms with Crippen LogP contribution in [0, 0.1) is 5.82 Å². The highest BCUT2D eigenvalue weighted by Crippen LogP contribution is 2.20. The van der Waals surface area contributed by atoms with Crippen molar-refractivity contribution < 1.29 is 13.9 Å². The monoisotopic (exact) mass is 432 g/mol. The van der Waals surface area contributed by atoms with Crippen molar-refractivity contribution in [1.29, 1.82) is 0 Å². The van der Waals surface area contributed by atoms with Gasteiger partial charge in [-0.25, -0.2) is 14.2 Å². The third-order valence-corrected chi connectivity index (χ3v) is 4.51. The molecule has 0 aliphatic carbocycles. The fourth-order valence-electron chi connectivity index (χ4n) is 2.96. The number of rotatable bonds is 6. The van der Waals surface area contributed by atoms with Gasteiger partial charge in [-0.2, -0.15) is 0 Å². The predicted octanol–water partition coefficient (Wildman–Crippen LogP) is 3.16. The lowest BCUT2D eigenvalue weighted by atomic mass is 10.2. The third kappa shape index (κ3) is 4.78. The Hall–Kier alpha value is -4.53. The quantitative estimate of drug-likeness (QED) is 0.487. The molecule has 0 aliphatic heterocycles. The molecule has 2 aromatic carbocycles. The number of hydrogen-bond donors (Lipinski definition) is 2. The van der Waals surface area contributed by atoms with E-state index < -0.39 is 23.0 Å². The average Bonchev–Trinajstić information content (AvgIpc) is 2.78. The van der Waals surface area contributed by atoms with Crippen LogP contribution < -0.4 is 21.3 Å². The molecule has 9 heteroatoms. The van der Waals surface area contributed by atoms with Crippen LogP contribution in [0.15, 0.2) is 88.6 Å². The number of anilines is 1. The van der Waals surface area contributed by atoms with Gasteiger partial charge in [0.2, 0.25) is 5.88 Å². The second kappa shape index (κ2) is 9.09. The van der Waals surface area contributed by atoms with Gasteiger partial charge in [-0.15, -0.1) is 0 Å². The number of carbonyl (C=O) groups is 1. The van der Waals surface area contributed by atoms with Gasteiger partial charge in [0, 0.05) is 29.5 Å². The Bertz CT molecular complexity index is 1350. The van der Waals surface area contributed by atoms with Crippen molar-refractivity contribution in [2.24, 2.45) is 0 Å². The summed E-state index contributed by atoms with van der Waals surface area (Å²) in [7, 11) is 0. The largest absolute Gasteiger partial charge is 0.439 e. The normalized spacial score (nSPS) is 10.5. The molecular weight excluding hydrogens is 415 g/mol. The van der Waals surface area contributed by atoms with Gasteiger partial charge in [0.15, 0.2) is 0 Å². The van der Waals surface area contributed by atoms with Crippen LogP contribution in [0.4, 0.5) is 10.2 Å². The molecule has 0 atom stereocenters. The Morgan fingerprint density at radius 2 is 1.84 bits per heavy atom. The van der Waals surface area contributed by atoms with Crippen LogP contribution >= 0.6 is 0 Å². The topological polar surface area (TPSA) is 106 Å². The van der Waals surface area contributed by atoms with E-state index in [-0.39, 0.29) is 23.5 Å². The van der Waals surface area contributed by atoms with E-state index in [4.69, 9.17) is 4.74 Å². The number of H-pyrrole nitrogens is 1. The first-order valence-corrected chi connectivity index (χ1v) is 9.57. The SMILES string of the molecule is O=C(Nc1cc(=O)n(Cc2ccccc2F)c(=O)[nH]1)c1cccc(Oc2ccccn2)c1. The molecule has 32 heavy (non-hydrogen) atoms. The summed E-state index contributed by atoms with van der Waals surface area (Å²) < 4.78 is 20.3. The first-order valence-electron chi connectivity index (χ1n) is 9.57. The maximum atomic E-state index is 13.8. The second-order valence-electron chi connectivity index (χ2n) is 6.76. The molecule has 0 spiro atoms. The number of aromatic nitrogens is 3. The zero-order valence-corrected chi connectivity index (χ0v) is 16.6. The Balaban J connectivity index is 1.51. The van der Waals surface area contributed by atoms with E-state index in [1.165, 1.54) is 24.3 Å². The number of hydrogen-bond acceptors (Lipinski definition) is 5. The number of amides is 1. The van der Waals surface area contributed by atoms with Crippen molar-refractivity contribution >= 4 is 11.7 Å². The fourth-order valence-corrected chi connectivity index (χ4v) is 2.96. The van der Waals surface area contributed by atoms with E-state index in [9.17, 15) is 18.8 Å². The van der Waals surface area contributed by atoms with Gasteiger partial charge >= 0.3 is 5.69 Å². The van der Waals surface area contributed by atoms with Crippen LogP contribution in [0.2, 0.25) is 0 Å². The lowest BCUT2D eigenvalue weighted by molar-refractivity contribution is 0.102. The van der Waals surface area contributed by atoms with E-state index in [1.54, 1.807) is 48.7 Å². The van der Waals surface area contributed by atoms with Crippen LogP contribution in [0.25, 0.3) is 0 Å². The maximum Gasteiger partial charge on any atom is 0.330 e. The smallest absolute Gasteiger partial charge is 0.330 e. The Morgan fingerprint density at radius 3 is 2.59 bits per heavy atom. The second-order valence-corrected chi connectivity index (χ2v) is 6.76. The van der Waals surface area contributed by atoms with E-state index in [2.05, 4.69) is 15.3 Å². The summed E-state index contributed by atoms with van der Waals surface area (Å²) in [5.74, 6) is -0.397. The molecule has 0 saturated carbocycles. The number of halogens is 1. The van der Waals surface area contributed by atoms with E-state index in [0.717, 1.165) is 10.6 Å². The molecule has 8 nitrogen and oxygen atoms in total. The average molecular weight is 432 g/mol.